The molecule has 0 aliphatic rings. The van der Waals surface area contributed by atoms with Crippen LogP contribution in [0.5, 0.6) is 0 Å². The summed E-state index contributed by atoms with van der Waals surface area (Å²) in [5, 5.41) is -0.275. The van der Waals surface area contributed by atoms with Crippen LogP contribution < -0.4 is 0 Å². The molecule has 1 nitrogen and oxygen atoms in total. The first-order chi connectivity index (χ1) is 8.16. The Hall–Kier alpha value is -1.48. The molecule has 1 aromatic heterocycles. The Bertz CT molecular complexity index is 502. The quantitative estimate of drug-likeness (QED) is 0.757. The number of alkyl halides is 1. The lowest BCUT2D eigenvalue weighted by Gasteiger charge is -2.09. The lowest BCUT2D eigenvalue weighted by Crippen LogP contribution is -1.97. The third-order valence-corrected chi connectivity index (χ3v) is 2.87. The van der Waals surface area contributed by atoms with Crippen molar-refractivity contribution in [2.45, 2.75) is 11.8 Å². The Labute approximate surface area is 103 Å². The first-order valence-electron chi connectivity index (χ1n) is 5.15. The summed E-state index contributed by atoms with van der Waals surface area (Å²) < 4.78 is 25.7. The molecule has 2 aromatic rings. The molecule has 4 heteroatoms. The number of pyridine rings is 1. The molecular weight excluding hydrogens is 244 g/mol. The largest absolute Gasteiger partial charge is 0.265 e. The van der Waals surface area contributed by atoms with Gasteiger partial charge < -0.3 is 0 Å². The van der Waals surface area contributed by atoms with E-state index in [0.717, 1.165) is 11.6 Å². The van der Waals surface area contributed by atoms with Crippen LogP contribution >= 0.6 is 11.6 Å². The highest BCUT2D eigenvalue weighted by Crippen LogP contribution is 2.24. The highest BCUT2D eigenvalue weighted by atomic mass is 35.5. The van der Waals surface area contributed by atoms with E-state index in [1.54, 1.807) is 24.5 Å². The fourth-order valence-corrected chi connectivity index (χ4v) is 1.89. The molecule has 88 valence electrons. The van der Waals surface area contributed by atoms with Gasteiger partial charge in [-0.15, -0.1) is 11.6 Å². The fraction of sp³-hybridized carbons (Fsp3) is 0.154. The second-order valence-electron chi connectivity index (χ2n) is 3.70. The lowest BCUT2D eigenvalue weighted by molar-refractivity contribution is 0.507. The van der Waals surface area contributed by atoms with Crippen molar-refractivity contribution in [3.63, 3.8) is 0 Å². The zero-order chi connectivity index (χ0) is 12.3. The third kappa shape index (κ3) is 3.01. The summed E-state index contributed by atoms with van der Waals surface area (Å²) in [5.74, 6) is -1.69. The van der Waals surface area contributed by atoms with Crippen LogP contribution in [0, 0.1) is 11.6 Å². The van der Waals surface area contributed by atoms with Crippen LogP contribution in [-0.2, 0) is 6.42 Å². The van der Waals surface area contributed by atoms with Crippen molar-refractivity contribution in [1.82, 2.24) is 4.98 Å². The van der Waals surface area contributed by atoms with Gasteiger partial charge in [0.15, 0.2) is 11.6 Å². The van der Waals surface area contributed by atoms with Crippen molar-refractivity contribution < 1.29 is 8.78 Å². The van der Waals surface area contributed by atoms with Gasteiger partial charge in [0.05, 0.1) is 5.38 Å². The summed E-state index contributed by atoms with van der Waals surface area (Å²) in [4.78, 5) is 3.89. The van der Waals surface area contributed by atoms with Crippen molar-refractivity contribution in [3.8, 4) is 0 Å². The van der Waals surface area contributed by atoms with E-state index in [2.05, 4.69) is 4.98 Å². The summed E-state index contributed by atoms with van der Waals surface area (Å²) in [6, 6.07) is 7.43. The number of aromatic nitrogens is 1. The molecule has 0 amide bonds. The van der Waals surface area contributed by atoms with Crippen LogP contribution in [0.25, 0.3) is 0 Å². The average Bonchev–Trinajstić information content (AvgIpc) is 2.35. The third-order valence-electron chi connectivity index (χ3n) is 2.47. The maximum Gasteiger partial charge on any atom is 0.159 e. The first-order valence-corrected chi connectivity index (χ1v) is 5.58. The van der Waals surface area contributed by atoms with Gasteiger partial charge in [0.2, 0.25) is 0 Å². The van der Waals surface area contributed by atoms with Gasteiger partial charge in [-0.25, -0.2) is 8.78 Å². The predicted octanol–water partition coefficient (Wildman–Crippen LogP) is 3.88. The van der Waals surface area contributed by atoms with Crippen LogP contribution in [0.4, 0.5) is 8.78 Å². The van der Waals surface area contributed by atoms with Crippen molar-refractivity contribution in [3.05, 3.63) is 65.5 Å². The molecule has 0 saturated carbocycles. The molecule has 0 aliphatic heterocycles. The van der Waals surface area contributed by atoms with Crippen LogP contribution in [0.3, 0.4) is 0 Å². The molecule has 1 heterocycles. The molecule has 1 aromatic carbocycles. The number of nitrogens with zero attached hydrogens (tertiary/aromatic N) is 1. The molecule has 0 spiro atoms. The van der Waals surface area contributed by atoms with Gasteiger partial charge in [-0.2, -0.15) is 0 Å². The number of benzene rings is 1. The van der Waals surface area contributed by atoms with Crippen LogP contribution in [-0.4, -0.2) is 4.98 Å². The summed E-state index contributed by atoms with van der Waals surface area (Å²) >= 11 is 6.19. The van der Waals surface area contributed by atoms with Gasteiger partial charge in [-0.05, 0) is 41.8 Å². The van der Waals surface area contributed by atoms with E-state index in [4.69, 9.17) is 11.6 Å². The standard InChI is InChI=1S/C13H10ClF2N/c14-11(10-3-5-17-6-4-10)7-9-1-2-12(15)13(16)8-9/h1-6,8,11H,7H2. The first kappa shape index (κ1) is 12.0. The minimum absolute atomic E-state index is 0.275. The van der Waals surface area contributed by atoms with Crippen LogP contribution in [0.15, 0.2) is 42.7 Å². The van der Waals surface area contributed by atoms with Crippen molar-refractivity contribution >= 4 is 11.6 Å². The van der Waals surface area contributed by atoms with Crippen molar-refractivity contribution in [2.75, 3.05) is 0 Å². The minimum atomic E-state index is -0.846. The molecule has 1 unspecified atom stereocenters. The van der Waals surface area contributed by atoms with Crippen LogP contribution in [0.1, 0.15) is 16.5 Å². The normalized spacial score (nSPS) is 12.4. The summed E-state index contributed by atoms with van der Waals surface area (Å²) in [6.07, 6.45) is 3.74. The molecule has 17 heavy (non-hydrogen) atoms. The SMILES string of the molecule is Fc1ccc(CC(Cl)c2ccncc2)cc1F. The van der Waals surface area contributed by atoms with E-state index in [1.807, 2.05) is 0 Å². The molecule has 0 bridgehead atoms. The van der Waals surface area contributed by atoms with Gasteiger partial charge >= 0.3 is 0 Å². The van der Waals surface area contributed by atoms with E-state index < -0.39 is 11.6 Å². The Morgan fingerprint density at radius 1 is 1.06 bits per heavy atom. The molecule has 0 aliphatic carbocycles. The number of rotatable bonds is 3. The summed E-state index contributed by atoms with van der Waals surface area (Å²) in [5.41, 5.74) is 1.58. The van der Waals surface area contributed by atoms with Gasteiger partial charge in [0.25, 0.3) is 0 Å². The summed E-state index contributed by atoms with van der Waals surface area (Å²) in [7, 11) is 0. The molecular formula is C13H10ClF2N. The van der Waals surface area contributed by atoms with Crippen molar-refractivity contribution in [1.29, 1.82) is 0 Å². The van der Waals surface area contributed by atoms with E-state index in [-0.39, 0.29) is 5.38 Å². The Balaban J connectivity index is 2.13. The molecule has 0 saturated heterocycles. The highest BCUT2D eigenvalue weighted by molar-refractivity contribution is 6.20. The zero-order valence-electron chi connectivity index (χ0n) is 8.91. The molecule has 0 radical (unpaired) electrons. The Morgan fingerprint density at radius 2 is 1.76 bits per heavy atom. The zero-order valence-corrected chi connectivity index (χ0v) is 9.66. The van der Waals surface area contributed by atoms with Gasteiger partial charge in [-0.3, -0.25) is 4.98 Å². The lowest BCUT2D eigenvalue weighted by atomic mass is 10.0. The van der Waals surface area contributed by atoms with Gasteiger partial charge in [0, 0.05) is 12.4 Å². The minimum Gasteiger partial charge on any atom is -0.265 e. The Morgan fingerprint density at radius 3 is 2.41 bits per heavy atom. The van der Waals surface area contributed by atoms with E-state index in [9.17, 15) is 8.78 Å². The number of hydrogen-bond acceptors (Lipinski definition) is 1. The average molecular weight is 254 g/mol. The van der Waals surface area contributed by atoms with E-state index in [1.165, 1.54) is 12.1 Å². The van der Waals surface area contributed by atoms with Gasteiger partial charge in [0.1, 0.15) is 0 Å². The molecule has 1 atom stereocenters. The van der Waals surface area contributed by atoms with Crippen molar-refractivity contribution in [2.24, 2.45) is 0 Å². The second kappa shape index (κ2) is 5.23. The highest BCUT2D eigenvalue weighted by Gasteiger charge is 2.10. The monoisotopic (exact) mass is 253 g/mol. The maximum absolute atomic E-state index is 13.0. The number of hydrogen-bond donors (Lipinski definition) is 0. The molecule has 0 N–H and O–H groups in total. The van der Waals surface area contributed by atoms with E-state index >= 15 is 0 Å². The maximum atomic E-state index is 13.0. The predicted molar refractivity (Wildman–Crippen MR) is 62.9 cm³/mol. The summed E-state index contributed by atoms with van der Waals surface area (Å²) in [6.45, 7) is 0. The number of halogens is 3. The second-order valence-corrected chi connectivity index (χ2v) is 4.23. The fourth-order valence-electron chi connectivity index (χ4n) is 1.56. The molecule has 0 fully saturated rings. The topological polar surface area (TPSA) is 12.9 Å². The van der Waals surface area contributed by atoms with Gasteiger partial charge in [-0.1, -0.05) is 6.07 Å². The van der Waals surface area contributed by atoms with Crippen LogP contribution in [0.2, 0.25) is 0 Å². The van der Waals surface area contributed by atoms with E-state index in [0.29, 0.717) is 12.0 Å². The molecule has 2 rings (SSSR count). The smallest absolute Gasteiger partial charge is 0.159 e. The Kier molecular flexibility index (Phi) is 3.69.